The summed E-state index contributed by atoms with van der Waals surface area (Å²) in [5.41, 5.74) is 5.91. The van der Waals surface area contributed by atoms with E-state index < -0.39 is 12.1 Å². The van der Waals surface area contributed by atoms with Crippen molar-refractivity contribution in [1.29, 1.82) is 0 Å². The van der Waals surface area contributed by atoms with Crippen LogP contribution in [0, 0.1) is 5.92 Å². The Morgan fingerprint density at radius 1 is 1.56 bits per heavy atom. The van der Waals surface area contributed by atoms with Crippen molar-refractivity contribution in [2.24, 2.45) is 11.7 Å². The quantitative estimate of drug-likeness (QED) is 0.770. The van der Waals surface area contributed by atoms with E-state index in [1.165, 1.54) is 0 Å². The van der Waals surface area contributed by atoms with Gasteiger partial charge in [0.25, 0.3) is 0 Å². The smallest absolute Gasteiger partial charge is 0.239 e. The fraction of sp³-hybridized carbons (Fsp3) is 0.917. The number of hydrogen-bond acceptors (Lipinski definition) is 4. The lowest BCUT2D eigenvalue weighted by Gasteiger charge is -2.28. The van der Waals surface area contributed by atoms with Crippen LogP contribution in [0.5, 0.6) is 0 Å². The molecule has 3 N–H and O–H groups in total. The maximum absolute atomic E-state index is 12.2. The van der Waals surface area contributed by atoms with Gasteiger partial charge in [-0.2, -0.15) is 0 Å². The highest BCUT2D eigenvalue weighted by Gasteiger charge is 2.47. The Morgan fingerprint density at radius 3 is 2.83 bits per heavy atom. The van der Waals surface area contributed by atoms with Crippen molar-refractivity contribution < 1.29 is 14.6 Å². The fourth-order valence-electron chi connectivity index (χ4n) is 2.82. The monoisotopic (exact) mass is 278 g/mol. The van der Waals surface area contributed by atoms with Crippen molar-refractivity contribution in [3.63, 3.8) is 0 Å². The minimum absolute atomic E-state index is 0. The number of nitrogens with zero attached hydrogens (tertiary/aromatic N) is 1. The Kier molecular flexibility index (Phi) is 5.40. The number of hydrogen-bond donors (Lipinski definition) is 2. The minimum atomic E-state index is -0.558. The number of nitrogens with two attached hydrogens (primary N) is 1. The van der Waals surface area contributed by atoms with E-state index >= 15 is 0 Å². The highest BCUT2D eigenvalue weighted by Crippen LogP contribution is 2.30. The molecule has 0 spiro atoms. The topological polar surface area (TPSA) is 75.8 Å². The van der Waals surface area contributed by atoms with Crippen molar-refractivity contribution in [2.45, 2.75) is 51.0 Å². The predicted molar refractivity (Wildman–Crippen MR) is 70.5 cm³/mol. The van der Waals surface area contributed by atoms with Crippen LogP contribution in [0.3, 0.4) is 0 Å². The molecule has 1 amide bonds. The summed E-state index contributed by atoms with van der Waals surface area (Å²) in [5, 5.41) is 9.82. The van der Waals surface area contributed by atoms with Crippen molar-refractivity contribution in [3.05, 3.63) is 0 Å². The molecular weight excluding hydrogens is 256 g/mol. The Labute approximate surface area is 114 Å². The van der Waals surface area contributed by atoms with Crippen molar-refractivity contribution in [1.82, 2.24) is 4.90 Å². The molecule has 106 valence electrons. The number of amides is 1. The van der Waals surface area contributed by atoms with Crippen molar-refractivity contribution in [2.75, 3.05) is 13.2 Å². The largest absolute Gasteiger partial charge is 0.388 e. The molecule has 0 aromatic carbocycles. The lowest BCUT2D eigenvalue weighted by Crippen LogP contribution is -2.50. The number of aliphatic hydroxyl groups is 1. The molecule has 0 aliphatic carbocycles. The second kappa shape index (κ2) is 6.19. The Morgan fingerprint density at radius 2 is 2.22 bits per heavy atom. The van der Waals surface area contributed by atoms with Gasteiger partial charge in [-0.15, -0.1) is 12.4 Å². The summed E-state index contributed by atoms with van der Waals surface area (Å²) in [6.07, 6.45) is 0.934. The third-order valence-electron chi connectivity index (χ3n) is 3.60. The van der Waals surface area contributed by atoms with Gasteiger partial charge in [0.05, 0.1) is 24.8 Å². The molecule has 2 aliphatic rings. The summed E-state index contributed by atoms with van der Waals surface area (Å²) in [5.74, 6) is 0.354. The van der Waals surface area contributed by atoms with Crippen LogP contribution >= 0.6 is 12.4 Å². The molecule has 0 aromatic rings. The van der Waals surface area contributed by atoms with Gasteiger partial charge < -0.3 is 20.5 Å². The van der Waals surface area contributed by atoms with E-state index in [1.54, 1.807) is 4.90 Å². The van der Waals surface area contributed by atoms with E-state index in [1.807, 2.05) is 13.8 Å². The van der Waals surface area contributed by atoms with Gasteiger partial charge in [0.1, 0.15) is 6.10 Å². The molecule has 0 radical (unpaired) electrons. The van der Waals surface area contributed by atoms with Crippen LogP contribution in [0.4, 0.5) is 0 Å². The zero-order valence-electron chi connectivity index (χ0n) is 10.9. The van der Waals surface area contributed by atoms with Gasteiger partial charge in [-0.3, -0.25) is 4.79 Å². The molecule has 0 bridgehead atoms. The standard InChI is InChI=1S/C12H22N2O3.ClH/c1-7(2)5-8(13)12(16)14-4-3-10-11(14)9(15)6-17-10;/h7-11,15H,3-6,13H2,1-2H3;1H/t8-,9-,10+,11+;/m0./s1. The van der Waals surface area contributed by atoms with Gasteiger partial charge in [0, 0.05) is 6.54 Å². The summed E-state index contributed by atoms with van der Waals surface area (Å²) in [7, 11) is 0. The highest BCUT2D eigenvalue weighted by molar-refractivity contribution is 5.85. The van der Waals surface area contributed by atoms with Crippen LogP contribution in [0.15, 0.2) is 0 Å². The first-order chi connectivity index (χ1) is 8.00. The molecule has 2 aliphatic heterocycles. The summed E-state index contributed by atoms with van der Waals surface area (Å²) < 4.78 is 5.45. The number of halogens is 1. The maximum atomic E-state index is 12.2. The molecule has 2 heterocycles. The van der Waals surface area contributed by atoms with Crippen LogP contribution in [0.25, 0.3) is 0 Å². The molecule has 6 heteroatoms. The van der Waals surface area contributed by atoms with Crippen LogP contribution in [-0.2, 0) is 9.53 Å². The number of carbonyl (C=O) groups is 1. The lowest BCUT2D eigenvalue weighted by atomic mass is 10.0. The van der Waals surface area contributed by atoms with Crippen molar-refractivity contribution >= 4 is 18.3 Å². The van der Waals surface area contributed by atoms with Gasteiger partial charge in [0.2, 0.25) is 5.91 Å². The SMILES string of the molecule is CC(C)C[C@H](N)C(=O)N1CC[C@H]2OC[C@H](O)[C@H]21.Cl. The number of aliphatic hydroxyl groups excluding tert-OH is 1. The Hall–Kier alpha value is -0.360. The van der Waals surface area contributed by atoms with Crippen LogP contribution < -0.4 is 5.73 Å². The van der Waals surface area contributed by atoms with Gasteiger partial charge >= 0.3 is 0 Å². The predicted octanol–water partition coefficient (Wildman–Crippen LogP) is 0.142. The van der Waals surface area contributed by atoms with E-state index in [9.17, 15) is 9.90 Å². The number of ether oxygens (including phenoxy) is 1. The minimum Gasteiger partial charge on any atom is -0.388 e. The lowest BCUT2D eigenvalue weighted by molar-refractivity contribution is -0.135. The first-order valence-electron chi connectivity index (χ1n) is 6.36. The molecule has 0 saturated carbocycles. The van der Waals surface area contributed by atoms with E-state index in [4.69, 9.17) is 10.5 Å². The number of likely N-dealkylation sites (tertiary alicyclic amines) is 1. The van der Waals surface area contributed by atoms with Gasteiger partial charge in [-0.1, -0.05) is 13.8 Å². The molecule has 2 fully saturated rings. The first-order valence-corrected chi connectivity index (χ1v) is 6.36. The number of rotatable bonds is 3. The van der Waals surface area contributed by atoms with Crippen LogP contribution in [0.1, 0.15) is 26.7 Å². The number of fused-ring (bicyclic) bond motifs is 1. The number of carbonyl (C=O) groups excluding carboxylic acids is 1. The van der Waals surface area contributed by atoms with Crippen LogP contribution in [-0.4, -0.2) is 53.4 Å². The Bertz CT molecular complexity index is 301. The third kappa shape index (κ3) is 2.96. The van der Waals surface area contributed by atoms with Crippen LogP contribution in [0.2, 0.25) is 0 Å². The second-order valence-electron chi connectivity index (χ2n) is 5.49. The fourth-order valence-corrected chi connectivity index (χ4v) is 2.82. The van der Waals surface area contributed by atoms with E-state index in [2.05, 4.69) is 0 Å². The highest BCUT2D eigenvalue weighted by atomic mass is 35.5. The molecule has 0 aromatic heterocycles. The average molecular weight is 279 g/mol. The van der Waals surface area contributed by atoms with Gasteiger partial charge in [-0.05, 0) is 18.8 Å². The van der Waals surface area contributed by atoms with Gasteiger partial charge in [-0.25, -0.2) is 0 Å². The summed E-state index contributed by atoms with van der Waals surface area (Å²) in [6.45, 7) is 5.08. The molecule has 18 heavy (non-hydrogen) atoms. The zero-order valence-corrected chi connectivity index (χ0v) is 11.7. The Balaban J connectivity index is 0.00000162. The summed E-state index contributed by atoms with van der Waals surface area (Å²) in [4.78, 5) is 13.9. The normalized spacial score (nSPS) is 32.3. The molecule has 5 nitrogen and oxygen atoms in total. The third-order valence-corrected chi connectivity index (χ3v) is 3.60. The zero-order chi connectivity index (χ0) is 12.6. The maximum Gasteiger partial charge on any atom is 0.239 e. The van der Waals surface area contributed by atoms with E-state index in [0.29, 0.717) is 25.5 Å². The summed E-state index contributed by atoms with van der Waals surface area (Å²) in [6, 6.07) is -0.637. The van der Waals surface area contributed by atoms with Crippen molar-refractivity contribution in [3.8, 4) is 0 Å². The molecule has 2 saturated heterocycles. The van der Waals surface area contributed by atoms with Gasteiger partial charge in [0.15, 0.2) is 0 Å². The first kappa shape index (κ1) is 15.7. The molecule has 2 rings (SSSR count). The average Bonchev–Trinajstić information content (AvgIpc) is 2.80. The molecular formula is C12H23ClN2O3. The van der Waals surface area contributed by atoms with E-state index in [0.717, 1.165) is 6.42 Å². The summed E-state index contributed by atoms with van der Waals surface area (Å²) >= 11 is 0. The molecule has 0 unspecified atom stereocenters. The molecule has 4 atom stereocenters. The second-order valence-corrected chi connectivity index (χ2v) is 5.49. The van der Waals surface area contributed by atoms with E-state index in [-0.39, 0.29) is 30.5 Å².